The summed E-state index contributed by atoms with van der Waals surface area (Å²) >= 11 is 0. The van der Waals surface area contributed by atoms with Gasteiger partial charge in [-0.2, -0.15) is 0 Å². The maximum atomic E-state index is 11.1. The van der Waals surface area contributed by atoms with Crippen LogP contribution in [-0.2, 0) is 9.59 Å². The minimum atomic E-state index is -0.885. The van der Waals surface area contributed by atoms with Crippen LogP contribution in [0.25, 0.3) is 0 Å². The lowest BCUT2D eigenvalue weighted by molar-refractivity contribution is -0.146. The molecule has 0 spiro atoms. The van der Waals surface area contributed by atoms with Gasteiger partial charge in [0.1, 0.15) is 6.04 Å². The van der Waals surface area contributed by atoms with Crippen LogP contribution in [-0.4, -0.2) is 35.0 Å². The summed E-state index contributed by atoms with van der Waals surface area (Å²) in [5.74, 6) is -0.885. The quantitative estimate of drug-likeness (QED) is 0.448. The molecule has 0 heterocycles. The first-order chi connectivity index (χ1) is 8.17. The predicted octanol–water partition coefficient (Wildman–Crippen LogP) is 2.67. The summed E-state index contributed by atoms with van der Waals surface area (Å²) in [4.78, 5) is 23.5. The van der Waals surface area contributed by atoms with E-state index in [9.17, 15) is 9.59 Å². The molecule has 0 aliphatic heterocycles. The van der Waals surface area contributed by atoms with E-state index in [0.717, 1.165) is 38.5 Å². The van der Waals surface area contributed by atoms with Crippen LogP contribution < -0.4 is 0 Å². The molecule has 1 unspecified atom stereocenters. The van der Waals surface area contributed by atoms with Crippen molar-refractivity contribution in [3.8, 4) is 0 Å². The van der Waals surface area contributed by atoms with Crippen LogP contribution in [0.15, 0.2) is 0 Å². The summed E-state index contributed by atoms with van der Waals surface area (Å²) in [6.07, 6.45) is 7.17. The van der Waals surface area contributed by atoms with E-state index in [1.165, 1.54) is 4.90 Å². The topological polar surface area (TPSA) is 57.6 Å². The molecule has 1 atom stereocenters. The van der Waals surface area contributed by atoms with Gasteiger partial charge in [-0.25, -0.2) is 4.79 Å². The Labute approximate surface area is 104 Å². The fraction of sp³-hybridized carbons (Fsp3) is 0.846. The van der Waals surface area contributed by atoms with Crippen LogP contribution in [0.5, 0.6) is 0 Å². The lowest BCUT2D eigenvalue weighted by Crippen LogP contribution is -2.40. The number of carboxylic acid groups (broad SMARTS) is 1. The molecule has 0 rings (SSSR count). The van der Waals surface area contributed by atoms with E-state index in [1.54, 1.807) is 0 Å². The van der Waals surface area contributed by atoms with Gasteiger partial charge in [0.25, 0.3) is 0 Å². The van der Waals surface area contributed by atoms with Crippen molar-refractivity contribution in [2.24, 2.45) is 0 Å². The highest BCUT2D eigenvalue weighted by molar-refractivity contribution is 5.76. The van der Waals surface area contributed by atoms with E-state index in [2.05, 4.69) is 13.8 Å². The molecule has 1 N–H and O–H groups in total. The molecular formula is C13H25NO3. The third kappa shape index (κ3) is 6.97. The molecule has 0 saturated heterocycles. The number of carbonyl (C=O) groups excluding carboxylic acids is 1. The van der Waals surface area contributed by atoms with Gasteiger partial charge in [0.2, 0.25) is 6.41 Å². The third-order valence-electron chi connectivity index (χ3n) is 2.92. The molecule has 0 fully saturated rings. The second-order valence-corrected chi connectivity index (χ2v) is 4.40. The van der Waals surface area contributed by atoms with Gasteiger partial charge in [-0.15, -0.1) is 0 Å². The molecule has 0 aromatic carbocycles. The monoisotopic (exact) mass is 243 g/mol. The van der Waals surface area contributed by atoms with Crippen molar-refractivity contribution >= 4 is 12.4 Å². The van der Waals surface area contributed by atoms with E-state index < -0.39 is 12.0 Å². The molecule has 1 amide bonds. The van der Waals surface area contributed by atoms with Crippen molar-refractivity contribution in [3.63, 3.8) is 0 Å². The van der Waals surface area contributed by atoms with Gasteiger partial charge in [0, 0.05) is 6.54 Å². The smallest absolute Gasteiger partial charge is 0.326 e. The van der Waals surface area contributed by atoms with E-state index in [4.69, 9.17) is 5.11 Å². The van der Waals surface area contributed by atoms with Crippen molar-refractivity contribution in [3.05, 3.63) is 0 Å². The summed E-state index contributed by atoms with van der Waals surface area (Å²) < 4.78 is 0. The van der Waals surface area contributed by atoms with Gasteiger partial charge in [-0.1, -0.05) is 46.0 Å². The van der Waals surface area contributed by atoms with E-state index in [-0.39, 0.29) is 0 Å². The van der Waals surface area contributed by atoms with Crippen molar-refractivity contribution in [1.29, 1.82) is 0 Å². The number of carboxylic acids is 1. The first-order valence-electron chi connectivity index (χ1n) is 6.61. The molecule has 4 nitrogen and oxygen atoms in total. The Morgan fingerprint density at radius 2 is 1.76 bits per heavy atom. The van der Waals surface area contributed by atoms with E-state index in [1.807, 2.05) is 0 Å². The summed E-state index contributed by atoms with van der Waals surface area (Å²) in [5.41, 5.74) is 0. The van der Waals surface area contributed by atoms with Gasteiger partial charge in [-0.3, -0.25) is 4.79 Å². The fourth-order valence-corrected chi connectivity index (χ4v) is 1.85. The average Bonchev–Trinajstić information content (AvgIpc) is 2.31. The number of hydrogen-bond acceptors (Lipinski definition) is 2. The Bertz CT molecular complexity index is 219. The number of carbonyl (C=O) groups is 2. The number of hydrogen-bond donors (Lipinski definition) is 1. The highest BCUT2D eigenvalue weighted by Crippen LogP contribution is 2.10. The Morgan fingerprint density at radius 3 is 2.24 bits per heavy atom. The summed E-state index contributed by atoms with van der Waals surface area (Å²) in [6.45, 7) is 4.72. The Hall–Kier alpha value is -1.06. The third-order valence-corrected chi connectivity index (χ3v) is 2.92. The molecule has 0 saturated carbocycles. The standard InChI is InChI=1S/C13H25NO3/c1-3-5-7-9-12(13(16)17)14(11-15)10-8-6-4-2/h11-12H,3-10H2,1-2H3,(H,16,17). The predicted molar refractivity (Wildman–Crippen MR) is 67.9 cm³/mol. The summed E-state index contributed by atoms with van der Waals surface area (Å²) in [5, 5.41) is 9.13. The van der Waals surface area contributed by atoms with Gasteiger partial charge in [-0.05, 0) is 12.8 Å². The van der Waals surface area contributed by atoms with E-state index >= 15 is 0 Å². The normalized spacial score (nSPS) is 12.1. The Kier molecular flexibility index (Phi) is 9.49. The van der Waals surface area contributed by atoms with Crippen LogP contribution in [0.3, 0.4) is 0 Å². The number of amides is 1. The van der Waals surface area contributed by atoms with Crippen molar-refractivity contribution in [2.45, 2.75) is 64.8 Å². The van der Waals surface area contributed by atoms with Crippen molar-refractivity contribution in [2.75, 3.05) is 6.54 Å². The number of aliphatic carboxylic acids is 1. The largest absolute Gasteiger partial charge is 0.480 e. The second kappa shape index (κ2) is 10.1. The zero-order chi connectivity index (χ0) is 13.1. The average molecular weight is 243 g/mol. The molecule has 0 bridgehead atoms. The second-order valence-electron chi connectivity index (χ2n) is 4.40. The SMILES string of the molecule is CCCCCC(C(=O)O)N(C=O)CCCCC. The molecule has 0 radical (unpaired) electrons. The number of rotatable bonds is 11. The van der Waals surface area contributed by atoms with Crippen molar-refractivity contribution < 1.29 is 14.7 Å². The number of nitrogens with zero attached hydrogens (tertiary/aromatic N) is 1. The highest BCUT2D eigenvalue weighted by Gasteiger charge is 2.23. The Morgan fingerprint density at radius 1 is 1.18 bits per heavy atom. The first-order valence-corrected chi connectivity index (χ1v) is 6.61. The van der Waals surface area contributed by atoms with Crippen LogP contribution in [0.1, 0.15) is 58.8 Å². The lowest BCUT2D eigenvalue weighted by Gasteiger charge is -2.24. The maximum absolute atomic E-state index is 11.1. The van der Waals surface area contributed by atoms with Crippen LogP contribution >= 0.6 is 0 Å². The zero-order valence-electron chi connectivity index (χ0n) is 11.0. The zero-order valence-corrected chi connectivity index (χ0v) is 11.0. The lowest BCUT2D eigenvalue weighted by atomic mass is 10.1. The highest BCUT2D eigenvalue weighted by atomic mass is 16.4. The maximum Gasteiger partial charge on any atom is 0.326 e. The minimum absolute atomic E-state index is 0.556. The Balaban J connectivity index is 4.20. The molecule has 100 valence electrons. The van der Waals surface area contributed by atoms with Gasteiger partial charge < -0.3 is 10.0 Å². The first kappa shape index (κ1) is 15.9. The fourth-order valence-electron chi connectivity index (χ4n) is 1.85. The molecule has 0 aliphatic carbocycles. The minimum Gasteiger partial charge on any atom is -0.480 e. The van der Waals surface area contributed by atoms with Gasteiger partial charge in [0.15, 0.2) is 0 Å². The molecular weight excluding hydrogens is 218 g/mol. The molecule has 0 aromatic rings. The van der Waals surface area contributed by atoms with E-state index in [0.29, 0.717) is 19.4 Å². The number of unbranched alkanes of at least 4 members (excludes halogenated alkanes) is 4. The van der Waals surface area contributed by atoms with Crippen LogP contribution in [0, 0.1) is 0 Å². The van der Waals surface area contributed by atoms with Gasteiger partial charge >= 0.3 is 5.97 Å². The molecule has 4 heteroatoms. The van der Waals surface area contributed by atoms with Crippen LogP contribution in [0.4, 0.5) is 0 Å². The molecule has 0 aliphatic rings. The van der Waals surface area contributed by atoms with Crippen molar-refractivity contribution in [1.82, 2.24) is 4.90 Å². The summed E-state index contributed by atoms with van der Waals surface area (Å²) in [7, 11) is 0. The van der Waals surface area contributed by atoms with Gasteiger partial charge in [0.05, 0.1) is 0 Å². The summed E-state index contributed by atoms with van der Waals surface area (Å²) in [6, 6.07) is -0.643. The van der Waals surface area contributed by atoms with Crippen LogP contribution in [0.2, 0.25) is 0 Å². The molecule has 17 heavy (non-hydrogen) atoms. The molecule has 0 aromatic heterocycles.